The zero-order valence-electron chi connectivity index (χ0n) is 16.7. The Morgan fingerprint density at radius 1 is 1.09 bits per heavy atom. The van der Waals surface area contributed by atoms with E-state index in [9.17, 15) is 8.42 Å². The van der Waals surface area contributed by atoms with E-state index in [0.29, 0.717) is 32.1 Å². The topological polar surface area (TPSA) is 104 Å². The second-order valence-corrected chi connectivity index (χ2v) is 10.4. The zero-order valence-corrected chi connectivity index (χ0v) is 19.1. The highest BCUT2D eigenvalue weighted by molar-refractivity contribution is 7.89. The van der Waals surface area contributed by atoms with Gasteiger partial charge in [-0.1, -0.05) is 22.8 Å². The third-order valence-electron chi connectivity index (χ3n) is 4.80. The number of benzene rings is 2. The number of nitrogens with zero attached hydrogens (tertiary/aromatic N) is 2. The van der Waals surface area contributed by atoms with Crippen molar-refractivity contribution in [1.82, 2.24) is 14.9 Å². The summed E-state index contributed by atoms with van der Waals surface area (Å²) < 4.78 is 44.5. The van der Waals surface area contributed by atoms with Crippen molar-refractivity contribution in [1.29, 1.82) is 0 Å². The number of fused-ring (bicyclic) bond motifs is 1. The van der Waals surface area contributed by atoms with E-state index in [1.807, 2.05) is 0 Å². The van der Waals surface area contributed by atoms with Gasteiger partial charge in [0.1, 0.15) is 0 Å². The van der Waals surface area contributed by atoms with Crippen molar-refractivity contribution in [3.8, 4) is 33.7 Å². The van der Waals surface area contributed by atoms with Crippen LogP contribution in [-0.2, 0) is 16.6 Å². The van der Waals surface area contributed by atoms with Gasteiger partial charge in [0.2, 0.25) is 22.6 Å². The molecule has 4 aromatic rings. The molecule has 0 atom stereocenters. The van der Waals surface area contributed by atoms with Gasteiger partial charge in [0.25, 0.3) is 5.89 Å². The summed E-state index contributed by atoms with van der Waals surface area (Å²) in [4.78, 5) is 5.75. The lowest BCUT2D eigenvalue weighted by Crippen LogP contribution is -2.23. The van der Waals surface area contributed by atoms with Crippen LogP contribution in [0.25, 0.3) is 22.2 Å². The van der Waals surface area contributed by atoms with Crippen LogP contribution >= 0.6 is 22.9 Å². The maximum Gasteiger partial charge on any atom is 0.268 e. The second kappa shape index (κ2) is 8.21. The Kier molecular flexibility index (Phi) is 5.38. The number of rotatable bonds is 6. The van der Waals surface area contributed by atoms with E-state index < -0.39 is 10.0 Å². The fourth-order valence-corrected chi connectivity index (χ4v) is 5.84. The number of sulfonamides is 1. The first-order valence-electron chi connectivity index (χ1n) is 9.48. The number of ether oxygens (including phenoxy) is 2. The van der Waals surface area contributed by atoms with Gasteiger partial charge >= 0.3 is 0 Å². The van der Waals surface area contributed by atoms with Gasteiger partial charge in [0.05, 0.1) is 9.77 Å². The highest BCUT2D eigenvalue weighted by Gasteiger charge is 2.23. The minimum absolute atomic E-state index is 0.116. The van der Waals surface area contributed by atoms with Crippen LogP contribution < -0.4 is 14.2 Å². The first-order valence-corrected chi connectivity index (χ1v) is 12.2. The van der Waals surface area contributed by atoms with Gasteiger partial charge < -0.3 is 14.0 Å². The van der Waals surface area contributed by atoms with Crippen molar-refractivity contribution in [3.63, 3.8) is 0 Å². The molecule has 0 saturated heterocycles. The summed E-state index contributed by atoms with van der Waals surface area (Å²) in [5, 5.41) is 4.59. The van der Waals surface area contributed by atoms with Gasteiger partial charge in [-0.2, -0.15) is 4.98 Å². The number of hydrogen-bond donors (Lipinski definition) is 1. The maximum absolute atomic E-state index is 12.9. The summed E-state index contributed by atoms with van der Waals surface area (Å²) in [6.45, 7) is 2.02. The third-order valence-corrected chi connectivity index (χ3v) is 7.75. The Hall–Kier alpha value is -2.92. The molecule has 11 heteroatoms. The number of nitrogens with one attached hydrogen (secondary N) is 1. The number of aryl methyl sites for hydroxylation is 1. The van der Waals surface area contributed by atoms with Gasteiger partial charge in [0, 0.05) is 22.0 Å². The monoisotopic (exact) mass is 489 g/mol. The van der Waals surface area contributed by atoms with E-state index in [1.54, 1.807) is 55.5 Å². The van der Waals surface area contributed by atoms with Crippen LogP contribution in [0, 0.1) is 6.92 Å². The van der Waals surface area contributed by atoms with Crippen LogP contribution in [0.5, 0.6) is 11.5 Å². The number of hydrogen-bond acceptors (Lipinski definition) is 8. The van der Waals surface area contributed by atoms with Crippen LogP contribution in [0.2, 0.25) is 5.02 Å². The van der Waals surface area contributed by atoms with Crippen molar-refractivity contribution < 1.29 is 22.4 Å². The Bertz CT molecular complexity index is 1400. The van der Waals surface area contributed by atoms with Gasteiger partial charge in [-0.25, -0.2) is 13.1 Å². The highest BCUT2D eigenvalue weighted by Crippen LogP contribution is 2.35. The van der Waals surface area contributed by atoms with Crippen molar-refractivity contribution in [3.05, 3.63) is 64.0 Å². The van der Waals surface area contributed by atoms with Crippen LogP contribution in [0.3, 0.4) is 0 Å². The molecule has 0 radical (unpaired) electrons. The van der Waals surface area contributed by atoms with E-state index in [1.165, 1.54) is 11.3 Å². The molecule has 3 heterocycles. The molecule has 8 nitrogen and oxygen atoms in total. The lowest BCUT2D eigenvalue weighted by Gasteiger charge is -2.07. The second-order valence-electron chi connectivity index (χ2n) is 6.97. The van der Waals surface area contributed by atoms with Gasteiger partial charge in [0.15, 0.2) is 11.5 Å². The molecular weight excluding hydrogens is 474 g/mol. The summed E-state index contributed by atoms with van der Waals surface area (Å²) in [6, 6.07) is 13.9. The van der Waals surface area contributed by atoms with Crippen LogP contribution in [-0.4, -0.2) is 25.4 Å². The van der Waals surface area contributed by atoms with Crippen LogP contribution in [0.1, 0.15) is 10.4 Å². The van der Waals surface area contributed by atoms with Gasteiger partial charge in [-0.3, -0.25) is 0 Å². The fourth-order valence-electron chi connectivity index (χ4n) is 3.18. The van der Waals surface area contributed by atoms with E-state index >= 15 is 0 Å². The van der Waals surface area contributed by atoms with E-state index in [0.717, 1.165) is 11.1 Å². The third kappa shape index (κ3) is 4.09. The number of halogens is 1. The molecule has 32 heavy (non-hydrogen) atoms. The summed E-state index contributed by atoms with van der Waals surface area (Å²) in [5.41, 5.74) is 1.51. The predicted molar refractivity (Wildman–Crippen MR) is 119 cm³/mol. The normalized spacial score (nSPS) is 12.9. The highest BCUT2D eigenvalue weighted by atomic mass is 35.5. The van der Waals surface area contributed by atoms with Crippen molar-refractivity contribution >= 4 is 33.0 Å². The Balaban J connectivity index is 1.35. The zero-order chi connectivity index (χ0) is 22.3. The van der Waals surface area contributed by atoms with Crippen molar-refractivity contribution in [2.24, 2.45) is 0 Å². The standard InChI is InChI=1S/C21H16ClN3O5S2/c1-12-19(32(26,27)23-10-13-2-7-16-17(8-13)29-11-28-16)9-18(31-12)21-24-20(25-30-21)14-3-5-15(22)6-4-14/h2-9,23H,10-11H2,1H3. The first kappa shape index (κ1) is 21.0. The van der Waals surface area contributed by atoms with E-state index in [-0.39, 0.29) is 24.1 Å². The van der Waals surface area contributed by atoms with Gasteiger partial charge in [-0.05, 0) is 55.0 Å². The number of thiophene rings is 1. The minimum atomic E-state index is -3.76. The Morgan fingerprint density at radius 2 is 1.88 bits per heavy atom. The average Bonchev–Trinajstić information content (AvgIpc) is 3.52. The average molecular weight is 490 g/mol. The molecule has 0 fully saturated rings. The molecule has 0 spiro atoms. The molecule has 164 valence electrons. The molecule has 5 rings (SSSR count). The van der Waals surface area contributed by atoms with E-state index in [4.69, 9.17) is 25.6 Å². The summed E-state index contributed by atoms with van der Waals surface area (Å²) in [7, 11) is -3.76. The van der Waals surface area contributed by atoms with Crippen LogP contribution in [0.15, 0.2) is 57.9 Å². The smallest absolute Gasteiger partial charge is 0.268 e. The molecule has 0 saturated carbocycles. The predicted octanol–water partition coefficient (Wildman–Crippen LogP) is 4.63. The SMILES string of the molecule is Cc1sc(-c2nc(-c3ccc(Cl)cc3)no2)cc1S(=O)(=O)NCc1ccc2c(c1)OCO2. The molecular formula is C21H16ClN3O5S2. The summed E-state index contributed by atoms with van der Waals surface area (Å²) >= 11 is 7.19. The van der Waals surface area contributed by atoms with Crippen LogP contribution in [0.4, 0.5) is 0 Å². The quantitative estimate of drug-likeness (QED) is 0.421. The molecule has 1 aliphatic rings. The molecule has 0 amide bonds. The molecule has 0 bridgehead atoms. The van der Waals surface area contributed by atoms with Crippen molar-refractivity contribution in [2.75, 3.05) is 6.79 Å². The van der Waals surface area contributed by atoms with Gasteiger partial charge in [-0.15, -0.1) is 11.3 Å². The summed E-state index contributed by atoms with van der Waals surface area (Å²) in [5.74, 6) is 1.89. The Labute approximate surface area is 192 Å². The maximum atomic E-state index is 12.9. The lowest BCUT2D eigenvalue weighted by molar-refractivity contribution is 0.174. The fraction of sp³-hybridized carbons (Fsp3) is 0.143. The molecule has 2 aromatic carbocycles. The number of aromatic nitrogens is 2. The molecule has 2 aromatic heterocycles. The van der Waals surface area contributed by atoms with Crippen molar-refractivity contribution in [2.45, 2.75) is 18.4 Å². The molecule has 1 aliphatic heterocycles. The largest absolute Gasteiger partial charge is 0.454 e. The first-order chi connectivity index (χ1) is 15.4. The molecule has 1 N–H and O–H groups in total. The van der Waals surface area contributed by atoms with E-state index in [2.05, 4.69) is 14.9 Å². The minimum Gasteiger partial charge on any atom is -0.454 e. The molecule has 0 aliphatic carbocycles. The summed E-state index contributed by atoms with van der Waals surface area (Å²) in [6.07, 6.45) is 0. The lowest BCUT2D eigenvalue weighted by atomic mass is 10.2. The Morgan fingerprint density at radius 3 is 2.69 bits per heavy atom. The molecule has 0 unspecified atom stereocenters.